The van der Waals surface area contributed by atoms with Crippen molar-refractivity contribution in [3.63, 3.8) is 0 Å². The Morgan fingerprint density at radius 3 is 1.82 bits per heavy atom. The molecule has 3 aromatic carbocycles. The number of halogens is 2. The molecule has 180 valence electrons. The summed E-state index contributed by atoms with van der Waals surface area (Å²) >= 11 is 0. The molecule has 3 aromatic rings. The van der Waals surface area contributed by atoms with Gasteiger partial charge in [0.15, 0.2) is 11.5 Å². The predicted molar refractivity (Wildman–Crippen MR) is 134 cm³/mol. The van der Waals surface area contributed by atoms with Crippen LogP contribution in [0.25, 0.3) is 11.1 Å². The van der Waals surface area contributed by atoms with Crippen LogP contribution in [0.2, 0.25) is 0 Å². The summed E-state index contributed by atoms with van der Waals surface area (Å²) in [5.74, 6) is -1.18. The molecule has 0 spiro atoms. The second kappa shape index (κ2) is 11.5. The van der Waals surface area contributed by atoms with Gasteiger partial charge in [0.2, 0.25) is 11.6 Å². The van der Waals surface area contributed by atoms with Gasteiger partial charge in [-0.2, -0.15) is 8.78 Å². The van der Waals surface area contributed by atoms with E-state index in [1.165, 1.54) is 40.8 Å². The Balaban J connectivity index is 1.29. The summed E-state index contributed by atoms with van der Waals surface area (Å²) in [6.45, 7) is 4.63. The Hall–Kier alpha value is -2.88. The van der Waals surface area contributed by atoms with Crippen LogP contribution in [-0.4, -0.2) is 13.2 Å². The first-order valence-electron chi connectivity index (χ1n) is 12.5. The molecule has 4 heteroatoms. The Bertz CT molecular complexity index is 1050. The maximum atomic E-state index is 14.3. The van der Waals surface area contributed by atoms with E-state index in [-0.39, 0.29) is 18.1 Å². The van der Waals surface area contributed by atoms with Crippen LogP contribution < -0.4 is 9.47 Å². The monoisotopic (exact) mass is 464 g/mol. The number of hydrogen-bond acceptors (Lipinski definition) is 2. The lowest BCUT2D eigenvalue weighted by atomic mass is 9.79. The molecule has 0 radical (unpaired) electrons. The highest BCUT2D eigenvalue weighted by Gasteiger charge is 2.24. The van der Waals surface area contributed by atoms with Crippen LogP contribution in [0.1, 0.15) is 63.0 Å². The molecule has 1 aliphatic carbocycles. The normalized spacial score (nSPS) is 18.0. The zero-order chi connectivity index (χ0) is 23.9. The van der Waals surface area contributed by atoms with Crippen LogP contribution in [0.4, 0.5) is 8.78 Å². The van der Waals surface area contributed by atoms with E-state index >= 15 is 0 Å². The molecular weight excluding hydrogens is 430 g/mol. The minimum Gasteiger partial charge on any atom is -0.491 e. The number of benzene rings is 3. The summed E-state index contributed by atoms with van der Waals surface area (Å²) < 4.78 is 39.1. The average Bonchev–Trinajstić information content (AvgIpc) is 2.88. The standard InChI is InChI=1S/C30H34F2O2/c1-3-5-21-6-10-23(11-7-21)25-14-16-26(17-15-25)24-12-8-22(9-13-24)20-34-28-19-18-27(33-4-2)29(31)30(28)32/h6-7,10-11,14-19,22,24H,3-5,8-9,12-13,20H2,1-2H3. The fourth-order valence-corrected chi connectivity index (χ4v) is 4.86. The maximum Gasteiger partial charge on any atom is 0.204 e. The molecule has 1 aliphatic rings. The molecule has 2 nitrogen and oxygen atoms in total. The van der Waals surface area contributed by atoms with Gasteiger partial charge in [-0.05, 0) is 85.3 Å². The number of rotatable bonds is 9. The molecule has 0 N–H and O–H groups in total. The Morgan fingerprint density at radius 1 is 0.706 bits per heavy atom. The molecule has 0 saturated heterocycles. The van der Waals surface area contributed by atoms with Crippen molar-refractivity contribution in [3.8, 4) is 22.6 Å². The summed E-state index contributed by atoms with van der Waals surface area (Å²) in [4.78, 5) is 0. The molecule has 34 heavy (non-hydrogen) atoms. The first kappa shape index (κ1) is 24.3. The zero-order valence-electron chi connectivity index (χ0n) is 20.2. The van der Waals surface area contributed by atoms with Gasteiger partial charge in [-0.1, -0.05) is 61.9 Å². The maximum absolute atomic E-state index is 14.3. The van der Waals surface area contributed by atoms with Crippen molar-refractivity contribution >= 4 is 0 Å². The van der Waals surface area contributed by atoms with E-state index in [1.807, 2.05) is 0 Å². The minimum absolute atomic E-state index is 0.0404. The summed E-state index contributed by atoms with van der Waals surface area (Å²) in [5, 5.41) is 0. The van der Waals surface area contributed by atoms with E-state index < -0.39 is 11.6 Å². The van der Waals surface area contributed by atoms with Crippen LogP contribution >= 0.6 is 0 Å². The van der Waals surface area contributed by atoms with Crippen molar-refractivity contribution in [2.24, 2.45) is 5.92 Å². The molecule has 0 heterocycles. The van der Waals surface area contributed by atoms with Crippen LogP contribution in [0, 0.1) is 17.6 Å². The second-order valence-corrected chi connectivity index (χ2v) is 9.22. The van der Waals surface area contributed by atoms with Crippen molar-refractivity contribution in [1.29, 1.82) is 0 Å². The summed E-state index contributed by atoms with van der Waals surface area (Å²) in [6.07, 6.45) is 6.50. The fourth-order valence-electron chi connectivity index (χ4n) is 4.86. The number of ether oxygens (including phenoxy) is 2. The van der Waals surface area contributed by atoms with Gasteiger partial charge in [0, 0.05) is 0 Å². The van der Waals surface area contributed by atoms with Gasteiger partial charge in [0.05, 0.1) is 13.2 Å². The molecule has 0 atom stereocenters. The van der Waals surface area contributed by atoms with Crippen LogP contribution in [0.3, 0.4) is 0 Å². The second-order valence-electron chi connectivity index (χ2n) is 9.22. The Kier molecular flexibility index (Phi) is 8.21. The number of aryl methyl sites for hydroxylation is 1. The quantitative estimate of drug-likeness (QED) is 0.317. The van der Waals surface area contributed by atoms with Gasteiger partial charge in [-0.15, -0.1) is 0 Å². The minimum atomic E-state index is -0.983. The van der Waals surface area contributed by atoms with E-state index in [4.69, 9.17) is 9.47 Å². The van der Waals surface area contributed by atoms with E-state index in [1.54, 1.807) is 6.92 Å². The lowest BCUT2D eigenvalue weighted by molar-refractivity contribution is 0.191. The zero-order valence-corrected chi connectivity index (χ0v) is 20.2. The van der Waals surface area contributed by atoms with Gasteiger partial charge < -0.3 is 9.47 Å². The third-order valence-electron chi connectivity index (χ3n) is 6.84. The van der Waals surface area contributed by atoms with Crippen LogP contribution in [0.15, 0.2) is 60.7 Å². The highest BCUT2D eigenvalue weighted by Crippen LogP contribution is 2.37. The van der Waals surface area contributed by atoms with Crippen molar-refractivity contribution in [1.82, 2.24) is 0 Å². The Labute approximate surface area is 201 Å². The molecule has 4 rings (SSSR count). The van der Waals surface area contributed by atoms with Gasteiger partial charge >= 0.3 is 0 Å². The summed E-state index contributed by atoms with van der Waals surface area (Å²) in [5.41, 5.74) is 5.27. The largest absolute Gasteiger partial charge is 0.491 e. The average molecular weight is 465 g/mol. The van der Waals surface area contributed by atoms with E-state index in [0.29, 0.717) is 18.4 Å². The molecule has 0 aliphatic heterocycles. The van der Waals surface area contributed by atoms with Gasteiger partial charge in [0.1, 0.15) is 0 Å². The molecular formula is C30H34F2O2. The molecule has 1 fully saturated rings. The molecule has 0 amide bonds. The molecule has 0 unspecified atom stereocenters. The molecule has 1 saturated carbocycles. The van der Waals surface area contributed by atoms with Crippen molar-refractivity contribution in [3.05, 3.63) is 83.4 Å². The summed E-state index contributed by atoms with van der Waals surface area (Å²) in [7, 11) is 0. The van der Waals surface area contributed by atoms with Gasteiger partial charge in [0.25, 0.3) is 0 Å². The smallest absolute Gasteiger partial charge is 0.204 e. The van der Waals surface area contributed by atoms with Crippen molar-refractivity contribution < 1.29 is 18.3 Å². The Morgan fingerprint density at radius 2 is 1.26 bits per heavy atom. The first-order valence-corrected chi connectivity index (χ1v) is 12.5. The highest BCUT2D eigenvalue weighted by atomic mass is 19.2. The third-order valence-corrected chi connectivity index (χ3v) is 6.84. The van der Waals surface area contributed by atoms with Gasteiger partial charge in [-0.25, -0.2) is 0 Å². The first-order chi connectivity index (χ1) is 16.6. The number of hydrogen-bond donors (Lipinski definition) is 0. The lowest BCUT2D eigenvalue weighted by Gasteiger charge is -2.29. The predicted octanol–water partition coefficient (Wildman–Crippen LogP) is 8.34. The van der Waals surface area contributed by atoms with Crippen LogP contribution in [-0.2, 0) is 6.42 Å². The summed E-state index contributed by atoms with van der Waals surface area (Å²) in [6, 6.07) is 20.7. The third kappa shape index (κ3) is 5.78. The lowest BCUT2D eigenvalue weighted by Crippen LogP contribution is -2.19. The highest BCUT2D eigenvalue weighted by molar-refractivity contribution is 5.64. The molecule has 0 aromatic heterocycles. The SMILES string of the molecule is CCCc1ccc(-c2ccc(C3CCC(COc4ccc(OCC)c(F)c4F)CC3)cc2)cc1. The van der Waals surface area contributed by atoms with E-state index in [9.17, 15) is 8.78 Å². The topological polar surface area (TPSA) is 18.5 Å². The van der Waals surface area contributed by atoms with E-state index in [2.05, 4.69) is 55.5 Å². The van der Waals surface area contributed by atoms with Crippen LogP contribution in [0.5, 0.6) is 11.5 Å². The molecule has 0 bridgehead atoms. The van der Waals surface area contributed by atoms with Crippen molar-refractivity contribution in [2.45, 2.75) is 58.3 Å². The van der Waals surface area contributed by atoms with Gasteiger partial charge in [-0.3, -0.25) is 0 Å². The fraction of sp³-hybridized carbons (Fsp3) is 0.400. The van der Waals surface area contributed by atoms with E-state index in [0.717, 1.165) is 32.1 Å². The van der Waals surface area contributed by atoms with Crippen molar-refractivity contribution in [2.75, 3.05) is 13.2 Å².